The highest BCUT2D eigenvalue weighted by Gasteiger charge is 2.31. The van der Waals surface area contributed by atoms with Gasteiger partial charge in [-0.3, -0.25) is 9.59 Å². The second-order valence-electron chi connectivity index (χ2n) is 7.27. The molecule has 1 saturated heterocycles. The van der Waals surface area contributed by atoms with E-state index in [1.165, 1.54) is 19.3 Å². The molecule has 6 heteroatoms. The van der Waals surface area contributed by atoms with Gasteiger partial charge < -0.3 is 15.0 Å². The topological polar surface area (TPSA) is 58.6 Å². The van der Waals surface area contributed by atoms with Gasteiger partial charge in [0.1, 0.15) is 5.75 Å². The van der Waals surface area contributed by atoms with Crippen molar-refractivity contribution in [1.29, 1.82) is 0 Å². The van der Waals surface area contributed by atoms with Crippen LogP contribution >= 0.6 is 11.6 Å². The number of nitrogens with one attached hydrogen (secondary N) is 1. The largest absolute Gasteiger partial charge is 0.495 e. The van der Waals surface area contributed by atoms with Crippen LogP contribution < -0.4 is 10.1 Å². The van der Waals surface area contributed by atoms with Crippen LogP contribution in [0.25, 0.3) is 0 Å². The van der Waals surface area contributed by atoms with E-state index in [0.29, 0.717) is 48.3 Å². The summed E-state index contributed by atoms with van der Waals surface area (Å²) in [5.74, 6) is 1.02. The maximum absolute atomic E-state index is 12.6. The van der Waals surface area contributed by atoms with Crippen molar-refractivity contribution in [1.82, 2.24) is 4.90 Å². The number of hydrogen-bond donors (Lipinski definition) is 1. The number of piperidine rings is 1. The number of hydrogen-bond acceptors (Lipinski definition) is 3. The van der Waals surface area contributed by atoms with Crippen molar-refractivity contribution >= 4 is 29.1 Å². The van der Waals surface area contributed by atoms with Gasteiger partial charge in [-0.15, -0.1) is 0 Å². The molecule has 0 bridgehead atoms. The first kappa shape index (κ1) is 19.0. The maximum atomic E-state index is 12.6. The first-order valence-electron chi connectivity index (χ1n) is 9.51. The van der Waals surface area contributed by atoms with Gasteiger partial charge in [-0.05, 0) is 43.9 Å². The van der Waals surface area contributed by atoms with Crippen LogP contribution in [0, 0.1) is 11.8 Å². The summed E-state index contributed by atoms with van der Waals surface area (Å²) in [6.45, 7) is 1.35. The summed E-state index contributed by atoms with van der Waals surface area (Å²) in [5.41, 5.74) is 0.668. The van der Waals surface area contributed by atoms with E-state index in [0.717, 1.165) is 12.8 Å². The Bertz CT molecular complexity index is 650. The maximum Gasteiger partial charge on any atom is 0.227 e. The number of ether oxygens (including phenoxy) is 1. The summed E-state index contributed by atoms with van der Waals surface area (Å²) in [6, 6.07) is 5.22. The van der Waals surface area contributed by atoms with Crippen molar-refractivity contribution in [3.05, 3.63) is 23.2 Å². The molecule has 1 aromatic rings. The van der Waals surface area contributed by atoms with Gasteiger partial charge in [-0.25, -0.2) is 0 Å². The number of anilines is 1. The van der Waals surface area contributed by atoms with E-state index in [1.807, 2.05) is 4.90 Å². The van der Waals surface area contributed by atoms with Crippen LogP contribution in [0.4, 0.5) is 5.69 Å². The number of carbonyl (C=O) groups is 2. The Labute approximate surface area is 160 Å². The van der Waals surface area contributed by atoms with E-state index < -0.39 is 0 Å². The molecular weight excluding hydrogens is 352 g/mol. The zero-order valence-corrected chi connectivity index (χ0v) is 16.1. The number of rotatable bonds is 4. The van der Waals surface area contributed by atoms with Gasteiger partial charge in [0.2, 0.25) is 11.8 Å². The third kappa shape index (κ3) is 4.50. The van der Waals surface area contributed by atoms with E-state index in [2.05, 4.69) is 5.32 Å². The lowest BCUT2D eigenvalue weighted by Crippen LogP contribution is -2.44. The number of benzene rings is 1. The van der Waals surface area contributed by atoms with Gasteiger partial charge in [0.05, 0.1) is 12.1 Å². The number of nitrogens with zero attached hydrogens (tertiary/aromatic N) is 1. The second kappa shape index (κ2) is 8.76. The molecule has 0 spiro atoms. The van der Waals surface area contributed by atoms with Crippen LogP contribution in [0.15, 0.2) is 18.2 Å². The average molecular weight is 379 g/mol. The summed E-state index contributed by atoms with van der Waals surface area (Å²) >= 11 is 6.11. The summed E-state index contributed by atoms with van der Waals surface area (Å²) in [5, 5.41) is 3.40. The first-order chi connectivity index (χ1) is 12.6. The molecule has 0 radical (unpaired) electrons. The molecule has 0 atom stereocenters. The summed E-state index contributed by atoms with van der Waals surface area (Å²) < 4.78 is 5.12. The molecule has 1 saturated carbocycles. The Morgan fingerprint density at radius 3 is 2.38 bits per heavy atom. The molecule has 5 nitrogen and oxygen atoms in total. The number of carbonyl (C=O) groups excluding carboxylic acids is 2. The predicted molar refractivity (Wildman–Crippen MR) is 103 cm³/mol. The number of amides is 2. The van der Waals surface area contributed by atoms with Crippen LogP contribution in [0.5, 0.6) is 5.75 Å². The van der Waals surface area contributed by atoms with Crippen molar-refractivity contribution in [2.24, 2.45) is 11.8 Å². The third-order valence-electron chi connectivity index (χ3n) is 5.55. The lowest BCUT2D eigenvalue weighted by atomic mass is 9.87. The van der Waals surface area contributed by atoms with Crippen molar-refractivity contribution in [2.45, 2.75) is 44.9 Å². The molecule has 1 aliphatic heterocycles. The summed E-state index contributed by atoms with van der Waals surface area (Å²) in [7, 11) is 1.56. The quantitative estimate of drug-likeness (QED) is 0.857. The SMILES string of the molecule is COc1ccc(NC(=O)C2CCN(C(=O)C3CCCCC3)CC2)cc1Cl. The molecule has 0 aromatic heterocycles. The predicted octanol–water partition coefficient (Wildman–Crippen LogP) is 4.11. The summed E-state index contributed by atoms with van der Waals surface area (Å²) in [6.07, 6.45) is 7.07. The number of halogens is 1. The lowest BCUT2D eigenvalue weighted by Gasteiger charge is -2.34. The Morgan fingerprint density at radius 1 is 1.08 bits per heavy atom. The van der Waals surface area contributed by atoms with Crippen LogP contribution in [0.2, 0.25) is 5.02 Å². The van der Waals surface area contributed by atoms with Crippen LogP contribution in [-0.2, 0) is 9.59 Å². The Hall–Kier alpha value is -1.75. The van der Waals surface area contributed by atoms with Gasteiger partial charge >= 0.3 is 0 Å². The fourth-order valence-electron chi connectivity index (χ4n) is 3.96. The van der Waals surface area contributed by atoms with Crippen molar-refractivity contribution in [3.63, 3.8) is 0 Å². The minimum Gasteiger partial charge on any atom is -0.495 e. The van der Waals surface area contributed by atoms with Crippen LogP contribution in [-0.4, -0.2) is 36.9 Å². The minimum absolute atomic E-state index is 0.00370. The molecule has 142 valence electrons. The highest BCUT2D eigenvalue weighted by Crippen LogP contribution is 2.29. The number of likely N-dealkylation sites (tertiary alicyclic amines) is 1. The van der Waals surface area contributed by atoms with Gasteiger partial charge in [0.15, 0.2) is 0 Å². The molecule has 2 aliphatic rings. The zero-order valence-electron chi connectivity index (χ0n) is 15.3. The molecule has 0 unspecified atom stereocenters. The van der Waals surface area contributed by atoms with E-state index in [4.69, 9.17) is 16.3 Å². The van der Waals surface area contributed by atoms with Crippen molar-refractivity contribution in [2.75, 3.05) is 25.5 Å². The Balaban J connectivity index is 1.50. The highest BCUT2D eigenvalue weighted by atomic mass is 35.5. The van der Waals surface area contributed by atoms with Crippen molar-refractivity contribution < 1.29 is 14.3 Å². The third-order valence-corrected chi connectivity index (χ3v) is 5.85. The molecular formula is C20H27ClN2O3. The molecule has 2 fully saturated rings. The molecule has 1 aromatic carbocycles. The molecule has 1 N–H and O–H groups in total. The first-order valence-corrected chi connectivity index (χ1v) is 9.89. The summed E-state index contributed by atoms with van der Waals surface area (Å²) in [4.78, 5) is 27.1. The number of methoxy groups -OCH3 is 1. The van der Waals surface area contributed by atoms with Crippen molar-refractivity contribution in [3.8, 4) is 5.75 Å². The van der Waals surface area contributed by atoms with Crippen LogP contribution in [0.3, 0.4) is 0 Å². The molecule has 1 heterocycles. The Kier molecular flexibility index (Phi) is 6.41. The van der Waals surface area contributed by atoms with Gasteiger partial charge in [-0.2, -0.15) is 0 Å². The van der Waals surface area contributed by atoms with Gasteiger partial charge in [-0.1, -0.05) is 30.9 Å². The van der Waals surface area contributed by atoms with Gasteiger partial charge in [0, 0.05) is 30.6 Å². The van der Waals surface area contributed by atoms with E-state index in [1.54, 1.807) is 25.3 Å². The molecule has 26 heavy (non-hydrogen) atoms. The molecule has 1 aliphatic carbocycles. The standard InChI is InChI=1S/C20H27ClN2O3/c1-26-18-8-7-16(13-17(18)21)22-19(24)14-9-11-23(12-10-14)20(25)15-5-3-2-4-6-15/h7-8,13-15H,2-6,9-12H2,1H3,(H,22,24). The lowest BCUT2D eigenvalue weighted by molar-refractivity contribution is -0.139. The van der Waals surface area contributed by atoms with Gasteiger partial charge in [0.25, 0.3) is 0 Å². The van der Waals surface area contributed by atoms with E-state index >= 15 is 0 Å². The molecule has 2 amide bonds. The minimum atomic E-state index is -0.0636. The zero-order chi connectivity index (χ0) is 18.5. The molecule has 3 rings (SSSR count). The fourth-order valence-corrected chi connectivity index (χ4v) is 4.22. The fraction of sp³-hybridized carbons (Fsp3) is 0.600. The normalized spacial score (nSPS) is 19.2. The Morgan fingerprint density at radius 2 is 1.77 bits per heavy atom. The smallest absolute Gasteiger partial charge is 0.227 e. The van der Waals surface area contributed by atoms with E-state index in [-0.39, 0.29) is 17.7 Å². The van der Waals surface area contributed by atoms with Crippen LogP contribution in [0.1, 0.15) is 44.9 Å². The monoisotopic (exact) mass is 378 g/mol. The van der Waals surface area contributed by atoms with E-state index in [9.17, 15) is 9.59 Å². The average Bonchev–Trinajstić information content (AvgIpc) is 2.68. The second-order valence-corrected chi connectivity index (χ2v) is 7.68. The highest BCUT2D eigenvalue weighted by molar-refractivity contribution is 6.32.